The molecule has 2 heterocycles. The molecule has 0 fully saturated rings. The van der Waals surface area contributed by atoms with Crippen LogP contribution < -0.4 is 15.0 Å². The van der Waals surface area contributed by atoms with Crippen LogP contribution in [0.1, 0.15) is 19.1 Å². The topological polar surface area (TPSA) is 71.8 Å². The van der Waals surface area contributed by atoms with Gasteiger partial charge in [0.25, 0.3) is 5.91 Å². The van der Waals surface area contributed by atoms with E-state index in [4.69, 9.17) is 9.15 Å². The van der Waals surface area contributed by atoms with Crippen molar-refractivity contribution in [2.24, 2.45) is 0 Å². The predicted molar refractivity (Wildman–Crippen MR) is 88.9 cm³/mol. The van der Waals surface area contributed by atoms with Gasteiger partial charge >= 0.3 is 0 Å². The van der Waals surface area contributed by atoms with Crippen LogP contribution in [0.25, 0.3) is 0 Å². The molecule has 1 aliphatic heterocycles. The van der Waals surface area contributed by atoms with E-state index in [1.165, 1.54) is 0 Å². The van der Waals surface area contributed by atoms with E-state index in [0.717, 1.165) is 5.76 Å². The van der Waals surface area contributed by atoms with E-state index in [9.17, 15) is 9.59 Å². The van der Waals surface area contributed by atoms with Crippen LogP contribution >= 0.6 is 0 Å². The molecule has 1 aliphatic rings. The molecule has 1 aromatic carbocycles. The van der Waals surface area contributed by atoms with Gasteiger partial charge in [-0.05, 0) is 31.2 Å². The summed E-state index contributed by atoms with van der Waals surface area (Å²) < 4.78 is 10.7. The fourth-order valence-corrected chi connectivity index (χ4v) is 2.74. The summed E-state index contributed by atoms with van der Waals surface area (Å²) in [7, 11) is 0. The van der Waals surface area contributed by atoms with Crippen molar-refractivity contribution in [3.63, 3.8) is 0 Å². The van der Waals surface area contributed by atoms with Gasteiger partial charge in [-0.3, -0.25) is 9.59 Å². The minimum Gasteiger partial charge on any atom is -0.482 e. The van der Waals surface area contributed by atoms with Gasteiger partial charge in [-0.25, -0.2) is 0 Å². The molecule has 1 N–H and O–H groups in total. The van der Waals surface area contributed by atoms with Crippen molar-refractivity contribution in [3.8, 4) is 5.75 Å². The Balaban J connectivity index is 1.53. The quantitative estimate of drug-likeness (QED) is 0.882. The molecule has 0 aliphatic carbocycles. The third-order valence-corrected chi connectivity index (χ3v) is 3.87. The van der Waals surface area contributed by atoms with Crippen molar-refractivity contribution >= 4 is 17.5 Å². The first-order valence-corrected chi connectivity index (χ1v) is 7.97. The molecule has 24 heavy (non-hydrogen) atoms. The molecule has 126 valence electrons. The summed E-state index contributed by atoms with van der Waals surface area (Å²) in [4.78, 5) is 25.8. The maximum absolute atomic E-state index is 12.1. The SMILES string of the molecule is C[C@H](Cc1ccco1)NC(=O)CCN1C(=O)COc2ccccc21. The van der Waals surface area contributed by atoms with Crippen LogP contribution in [0.15, 0.2) is 47.1 Å². The van der Waals surface area contributed by atoms with E-state index < -0.39 is 0 Å². The first-order chi connectivity index (χ1) is 11.6. The van der Waals surface area contributed by atoms with Crippen molar-refractivity contribution in [2.45, 2.75) is 25.8 Å². The number of amides is 2. The molecule has 1 aromatic heterocycles. The third-order valence-electron chi connectivity index (χ3n) is 3.87. The van der Waals surface area contributed by atoms with Crippen LogP contribution in [0.4, 0.5) is 5.69 Å². The Bertz CT molecular complexity index is 712. The molecule has 0 unspecified atom stereocenters. The third kappa shape index (κ3) is 3.76. The second-order valence-corrected chi connectivity index (χ2v) is 5.80. The van der Waals surface area contributed by atoms with Crippen LogP contribution in [0.5, 0.6) is 5.75 Å². The van der Waals surface area contributed by atoms with E-state index in [0.29, 0.717) is 24.4 Å². The number of nitrogens with one attached hydrogen (secondary N) is 1. The second-order valence-electron chi connectivity index (χ2n) is 5.80. The van der Waals surface area contributed by atoms with Crippen molar-refractivity contribution in [3.05, 3.63) is 48.4 Å². The largest absolute Gasteiger partial charge is 0.482 e. The highest BCUT2D eigenvalue weighted by molar-refractivity contribution is 5.98. The lowest BCUT2D eigenvalue weighted by molar-refractivity contribution is -0.122. The molecular formula is C18H20N2O4. The summed E-state index contributed by atoms with van der Waals surface area (Å²) in [6.45, 7) is 2.27. The Kier molecular flexibility index (Phi) is 4.84. The monoisotopic (exact) mass is 328 g/mol. The van der Waals surface area contributed by atoms with E-state index in [-0.39, 0.29) is 30.9 Å². The zero-order valence-electron chi connectivity index (χ0n) is 13.5. The van der Waals surface area contributed by atoms with E-state index in [1.54, 1.807) is 11.2 Å². The van der Waals surface area contributed by atoms with Crippen molar-refractivity contribution in [1.82, 2.24) is 5.32 Å². The Labute approximate surface area is 140 Å². The first-order valence-electron chi connectivity index (χ1n) is 7.97. The number of ether oxygens (including phenoxy) is 1. The highest BCUT2D eigenvalue weighted by atomic mass is 16.5. The van der Waals surface area contributed by atoms with Crippen molar-refractivity contribution in [2.75, 3.05) is 18.1 Å². The molecular weight excluding hydrogens is 308 g/mol. The first kappa shape index (κ1) is 16.1. The number of para-hydroxylation sites is 2. The number of nitrogens with zero attached hydrogens (tertiary/aromatic N) is 1. The van der Waals surface area contributed by atoms with Gasteiger partial charge in [0.05, 0.1) is 12.0 Å². The van der Waals surface area contributed by atoms with Gasteiger partial charge < -0.3 is 19.4 Å². The lowest BCUT2D eigenvalue weighted by Gasteiger charge is -2.29. The molecule has 0 spiro atoms. The maximum Gasteiger partial charge on any atom is 0.265 e. The van der Waals surface area contributed by atoms with Gasteiger partial charge in [-0.1, -0.05) is 12.1 Å². The molecule has 6 heteroatoms. The summed E-state index contributed by atoms with van der Waals surface area (Å²) in [5, 5.41) is 2.93. The lowest BCUT2D eigenvalue weighted by Crippen LogP contribution is -2.42. The zero-order valence-corrected chi connectivity index (χ0v) is 13.5. The zero-order chi connectivity index (χ0) is 16.9. The summed E-state index contributed by atoms with van der Waals surface area (Å²) in [5.41, 5.74) is 0.713. The summed E-state index contributed by atoms with van der Waals surface area (Å²) in [5.74, 6) is 1.28. The predicted octanol–water partition coefficient (Wildman–Crippen LogP) is 2.14. The molecule has 2 amide bonds. The number of carbonyl (C=O) groups excluding carboxylic acids is 2. The highest BCUT2D eigenvalue weighted by Crippen LogP contribution is 2.31. The average molecular weight is 328 g/mol. The Morgan fingerprint density at radius 2 is 2.12 bits per heavy atom. The number of carbonyl (C=O) groups is 2. The molecule has 0 radical (unpaired) electrons. The number of fused-ring (bicyclic) bond motifs is 1. The van der Waals surface area contributed by atoms with Crippen LogP contribution in [0.2, 0.25) is 0 Å². The number of anilines is 1. The normalized spacial score (nSPS) is 14.7. The Morgan fingerprint density at radius 3 is 2.92 bits per heavy atom. The lowest BCUT2D eigenvalue weighted by atomic mass is 10.2. The Hall–Kier alpha value is -2.76. The van der Waals surface area contributed by atoms with Crippen LogP contribution in [0, 0.1) is 0 Å². The molecule has 3 rings (SSSR count). The van der Waals surface area contributed by atoms with E-state index in [2.05, 4.69) is 5.32 Å². The maximum atomic E-state index is 12.1. The van der Waals surface area contributed by atoms with Crippen molar-refractivity contribution in [1.29, 1.82) is 0 Å². The number of hydrogen-bond donors (Lipinski definition) is 1. The summed E-state index contributed by atoms with van der Waals surface area (Å²) >= 11 is 0. The number of furan rings is 1. The standard InChI is InChI=1S/C18H20N2O4/c1-13(11-14-5-4-10-23-14)19-17(21)8-9-20-15-6-2-3-7-16(15)24-12-18(20)22/h2-7,10,13H,8-9,11-12H2,1H3,(H,19,21)/t13-/m1/s1. The minimum atomic E-state index is -0.134. The van der Waals surface area contributed by atoms with Gasteiger partial charge in [0.1, 0.15) is 11.5 Å². The minimum absolute atomic E-state index is 0.00747. The fraction of sp³-hybridized carbons (Fsp3) is 0.333. The van der Waals surface area contributed by atoms with Crippen LogP contribution in [-0.4, -0.2) is 31.0 Å². The molecule has 1 atom stereocenters. The molecule has 6 nitrogen and oxygen atoms in total. The molecule has 0 saturated carbocycles. The van der Waals surface area contributed by atoms with Gasteiger partial charge in [0.2, 0.25) is 5.91 Å². The molecule has 2 aromatic rings. The van der Waals surface area contributed by atoms with Gasteiger partial charge in [-0.15, -0.1) is 0 Å². The Morgan fingerprint density at radius 1 is 1.29 bits per heavy atom. The smallest absolute Gasteiger partial charge is 0.265 e. The second kappa shape index (κ2) is 7.21. The average Bonchev–Trinajstić information content (AvgIpc) is 3.06. The van der Waals surface area contributed by atoms with Crippen LogP contribution in [-0.2, 0) is 16.0 Å². The highest BCUT2D eigenvalue weighted by Gasteiger charge is 2.25. The van der Waals surface area contributed by atoms with Crippen LogP contribution in [0.3, 0.4) is 0 Å². The fourth-order valence-electron chi connectivity index (χ4n) is 2.74. The number of benzene rings is 1. The van der Waals surface area contributed by atoms with E-state index >= 15 is 0 Å². The number of rotatable bonds is 6. The number of hydrogen-bond acceptors (Lipinski definition) is 4. The molecule has 0 saturated heterocycles. The van der Waals surface area contributed by atoms with Gasteiger partial charge in [-0.2, -0.15) is 0 Å². The summed E-state index contributed by atoms with van der Waals surface area (Å²) in [6, 6.07) is 11.0. The van der Waals surface area contributed by atoms with Gasteiger partial charge in [0, 0.05) is 25.4 Å². The van der Waals surface area contributed by atoms with Gasteiger partial charge in [0.15, 0.2) is 6.61 Å². The summed E-state index contributed by atoms with van der Waals surface area (Å²) in [6.07, 6.45) is 2.49. The van der Waals surface area contributed by atoms with Crippen molar-refractivity contribution < 1.29 is 18.7 Å². The molecule has 0 bridgehead atoms. The van der Waals surface area contributed by atoms with E-state index in [1.807, 2.05) is 43.3 Å².